The second kappa shape index (κ2) is 11.8. The molecule has 0 unspecified atom stereocenters. The number of carbonyl (C=O) groups is 4. The van der Waals surface area contributed by atoms with Crippen LogP contribution in [0.3, 0.4) is 0 Å². The molecule has 1 saturated carbocycles. The van der Waals surface area contributed by atoms with Crippen LogP contribution in [0, 0.1) is 11.8 Å². The van der Waals surface area contributed by atoms with Gasteiger partial charge in [0, 0.05) is 55.0 Å². The van der Waals surface area contributed by atoms with Crippen molar-refractivity contribution in [2.24, 2.45) is 11.8 Å². The summed E-state index contributed by atoms with van der Waals surface area (Å²) in [4.78, 5) is 54.2. The molecule has 0 radical (unpaired) electrons. The van der Waals surface area contributed by atoms with Crippen molar-refractivity contribution < 1.29 is 19.2 Å². The lowest BCUT2D eigenvalue weighted by molar-refractivity contribution is -0.135. The van der Waals surface area contributed by atoms with E-state index in [2.05, 4.69) is 10.6 Å². The molecule has 1 aliphatic carbocycles. The van der Waals surface area contributed by atoms with Gasteiger partial charge in [-0.3, -0.25) is 19.2 Å². The molecule has 8 nitrogen and oxygen atoms in total. The van der Waals surface area contributed by atoms with Crippen molar-refractivity contribution in [1.82, 2.24) is 9.80 Å². The van der Waals surface area contributed by atoms with Crippen LogP contribution in [0.2, 0.25) is 0 Å². The van der Waals surface area contributed by atoms with Crippen molar-refractivity contribution in [3.8, 4) is 0 Å². The molecule has 0 spiro atoms. The summed E-state index contributed by atoms with van der Waals surface area (Å²) in [5.41, 5.74) is 2.71. The number of anilines is 2. The van der Waals surface area contributed by atoms with Crippen molar-refractivity contribution in [3.05, 3.63) is 59.7 Å². The highest BCUT2D eigenvalue weighted by Crippen LogP contribution is 2.32. The zero-order valence-electron chi connectivity index (χ0n) is 21.8. The molecule has 0 aromatic heterocycles. The summed E-state index contributed by atoms with van der Waals surface area (Å²) in [5.74, 6) is 0.198. The van der Waals surface area contributed by atoms with E-state index in [4.69, 9.17) is 0 Å². The normalized spacial score (nSPS) is 18.1. The largest absolute Gasteiger partial charge is 0.342 e. The van der Waals surface area contributed by atoms with Crippen molar-refractivity contribution in [2.75, 3.05) is 36.8 Å². The van der Waals surface area contributed by atoms with Gasteiger partial charge in [-0.15, -0.1) is 0 Å². The molecule has 2 N–H and O–H groups in total. The molecule has 0 atom stereocenters. The van der Waals surface area contributed by atoms with Crippen LogP contribution in [0.4, 0.5) is 11.4 Å². The van der Waals surface area contributed by atoms with Gasteiger partial charge < -0.3 is 20.4 Å². The number of piperidine rings is 2. The smallest absolute Gasteiger partial charge is 0.253 e. The molecular formula is C30H36N4O4. The molecule has 38 heavy (non-hydrogen) atoms. The Bertz CT molecular complexity index is 1180. The first-order chi connectivity index (χ1) is 18.5. The van der Waals surface area contributed by atoms with E-state index in [0.29, 0.717) is 42.9 Å². The van der Waals surface area contributed by atoms with E-state index in [9.17, 15) is 19.2 Å². The third-order valence-corrected chi connectivity index (χ3v) is 7.73. The molecule has 2 aliphatic heterocycles. The fourth-order valence-corrected chi connectivity index (χ4v) is 5.30. The Morgan fingerprint density at radius 3 is 2.11 bits per heavy atom. The first-order valence-electron chi connectivity index (χ1n) is 13.8. The Labute approximate surface area is 223 Å². The van der Waals surface area contributed by atoms with E-state index in [-0.39, 0.29) is 41.9 Å². The van der Waals surface area contributed by atoms with Crippen LogP contribution in [0.25, 0.3) is 0 Å². The molecule has 8 heteroatoms. The van der Waals surface area contributed by atoms with E-state index in [1.165, 1.54) is 0 Å². The molecule has 0 bridgehead atoms. The summed E-state index contributed by atoms with van der Waals surface area (Å²) in [5, 5.41) is 5.87. The molecular weight excluding hydrogens is 480 g/mol. The molecule has 2 aromatic rings. The second-order valence-corrected chi connectivity index (χ2v) is 10.7. The number of carbonyl (C=O) groups excluding carboxylic acids is 4. The van der Waals surface area contributed by atoms with Crippen LogP contribution in [0.1, 0.15) is 60.9 Å². The SMILES string of the molecule is O=C(Cc1ccc(NC(=O)C2CCN(C(=O)C3CC3)CC2)cc1)Nc1cccc(C(=O)N2CCCCC2)c1. The van der Waals surface area contributed by atoms with Crippen molar-refractivity contribution >= 4 is 35.0 Å². The molecule has 200 valence electrons. The van der Waals surface area contributed by atoms with Gasteiger partial charge in [0.25, 0.3) is 5.91 Å². The van der Waals surface area contributed by atoms with E-state index >= 15 is 0 Å². The van der Waals surface area contributed by atoms with Gasteiger partial charge in [-0.1, -0.05) is 18.2 Å². The standard InChI is InChI=1S/C30H36N4O4/c35-27(31-26-6-4-5-24(20-26)30(38)33-15-2-1-3-16-33)19-21-7-11-25(12-8-21)32-28(36)22-13-17-34(18-14-22)29(37)23-9-10-23/h4-8,11-12,20,22-23H,1-3,9-10,13-19H2,(H,31,35)(H,32,36). The van der Waals surface area contributed by atoms with E-state index in [1.807, 2.05) is 34.1 Å². The molecule has 5 rings (SSSR count). The Morgan fingerprint density at radius 1 is 0.711 bits per heavy atom. The molecule has 3 aliphatic rings. The van der Waals surface area contributed by atoms with E-state index in [1.54, 1.807) is 24.3 Å². The average molecular weight is 517 g/mol. The van der Waals surface area contributed by atoms with Crippen LogP contribution in [0.15, 0.2) is 48.5 Å². The summed E-state index contributed by atoms with van der Waals surface area (Å²) in [6.45, 7) is 2.87. The number of amides is 4. The van der Waals surface area contributed by atoms with Crippen LogP contribution >= 0.6 is 0 Å². The van der Waals surface area contributed by atoms with Gasteiger partial charge in [-0.25, -0.2) is 0 Å². The van der Waals surface area contributed by atoms with Crippen LogP contribution < -0.4 is 10.6 Å². The van der Waals surface area contributed by atoms with Crippen LogP contribution in [0.5, 0.6) is 0 Å². The second-order valence-electron chi connectivity index (χ2n) is 10.7. The Kier molecular flexibility index (Phi) is 8.05. The van der Waals surface area contributed by atoms with Crippen LogP contribution in [-0.4, -0.2) is 59.6 Å². The maximum atomic E-state index is 12.8. The number of nitrogens with one attached hydrogen (secondary N) is 2. The molecule has 2 saturated heterocycles. The van der Waals surface area contributed by atoms with Gasteiger partial charge in [0.1, 0.15) is 0 Å². The highest BCUT2D eigenvalue weighted by molar-refractivity contribution is 5.98. The minimum atomic E-state index is -0.170. The van der Waals surface area contributed by atoms with Crippen molar-refractivity contribution in [3.63, 3.8) is 0 Å². The molecule has 3 fully saturated rings. The van der Waals surface area contributed by atoms with Gasteiger partial charge in [-0.2, -0.15) is 0 Å². The maximum absolute atomic E-state index is 12.8. The summed E-state index contributed by atoms with van der Waals surface area (Å²) >= 11 is 0. The number of rotatable bonds is 7. The van der Waals surface area contributed by atoms with Crippen molar-refractivity contribution in [1.29, 1.82) is 0 Å². The predicted molar refractivity (Wildman–Crippen MR) is 146 cm³/mol. The van der Waals surface area contributed by atoms with Gasteiger partial charge in [-0.05, 0) is 80.8 Å². The Morgan fingerprint density at radius 2 is 1.42 bits per heavy atom. The third kappa shape index (κ3) is 6.60. The highest BCUT2D eigenvalue weighted by atomic mass is 16.2. The summed E-state index contributed by atoms with van der Waals surface area (Å²) < 4.78 is 0. The number of likely N-dealkylation sites (tertiary alicyclic amines) is 2. The topological polar surface area (TPSA) is 98.8 Å². The minimum Gasteiger partial charge on any atom is -0.342 e. The molecule has 4 amide bonds. The average Bonchev–Trinajstić information content (AvgIpc) is 3.80. The fourth-order valence-electron chi connectivity index (χ4n) is 5.30. The van der Waals surface area contributed by atoms with Gasteiger partial charge >= 0.3 is 0 Å². The summed E-state index contributed by atoms with van der Waals surface area (Å²) in [6, 6.07) is 14.4. The Balaban J connectivity index is 1.08. The van der Waals surface area contributed by atoms with Gasteiger partial charge in [0.05, 0.1) is 6.42 Å². The third-order valence-electron chi connectivity index (χ3n) is 7.73. The summed E-state index contributed by atoms with van der Waals surface area (Å²) in [7, 11) is 0. The molecule has 2 heterocycles. The molecule has 2 aromatic carbocycles. The number of benzene rings is 2. The van der Waals surface area contributed by atoms with E-state index < -0.39 is 0 Å². The van der Waals surface area contributed by atoms with Crippen molar-refractivity contribution in [2.45, 2.75) is 51.4 Å². The maximum Gasteiger partial charge on any atom is 0.253 e. The quantitative estimate of drug-likeness (QED) is 0.579. The first kappa shape index (κ1) is 25.9. The predicted octanol–water partition coefficient (Wildman–Crippen LogP) is 4.08. The monoisotopic (exact) mass is 516 g/mol. The fraction of sp³-hybridized carbons (Fsp3) is 0.467. The lowest BCUT2D eigenvalue weighted by Crippen LogP contribution is -2.42. The number of hydrogen-bond acceptors (Lipinski definition) is 4. The van der Waals surface area contributed by atoms with Gasteiger partial charge in [0.2, 0.25) is 17.7 Å². The number of nitrogens with zero attached hydrogens (tertiary/aromatic N) is 2. The first-order valence-corrected chi connectivity index (χ1v) is 13.8. The zero-order valence-corrected chi connectivity index (χ0v) is 21.8. The lowest BCUT2D eigenvalue weighted by atomic mass is 9.95. The van der Waals surface area contributed by atoms with Crippen LogP contribution in [-0.2, 0) is 20.8 Å². The minimum absolute atomic E-state index is 0.00994. The zero-order chi connectivity index (χ0) is 26.5. The van der Waals surface area contributed by atoms with Gasteiger partial charge in [0.15, 0.2) is 0 Å². The lowest BCUT2D eigenvalue weighted by Gasteiger charge is -2.31. The number of hydrogen-bond donors (Lipinski definition) is 2. The Hall–Kier alpha value is -3.68. The highest BCUT2D eigenvalue weighted by Gasteiger charge is 2.36. The summed E-state index contributed by atoms with van der Waals surface area (Å²) in [6.07, 6.45) is 6.80. The van der Waals surface area contributed by atoms with E-state index in [0.717, 1.165) is 50.8 Å².